The second kappa shape index (κ2) is 9.27. The predicted molar refractivity (Wildman–Crippen MR) is 139 cm³/mol. The highest BCUT2D eigenvalue weighted by atomic mass is 16.3. The number of aliphatic hydroxyl groups excluding tert-OH is 1. The van der Waals surface area contributed by atoms with Gasteiger partial charge in [0.2, 0.25) is 5.91 Å². The van der Waals surface area contributed by atoms with Crippen LogP contribution in [0.4, 0.5) is 11.4 Å². The van der Waals surface area contributed by atoms with Gasteiger partial charge in [0, 0.05) is 20.0 Å². The maximum Gasteiger partial charge on any atom is 0.224 e. The molecule has 0 aromatic heterocycles. The molecule has 4 nitrogen and oxygen atoms in total. The van der Waals surface area contributed by atoms with E-state index in [4.69, 9.17) is 0 Å². The maximum absolute atomic E-state index is 12.8. The lowest BCUT2D eigenvalue weighted by molar-refractivity contribution is -0.117. The van der Waals surface area contributed by atoms with Crippen molar-refractivity contribution in [1.29, 1.82) is 0 Å². The Kier molecular flexibility index (Phi) is 6.18. The van der Waals surface area contributed by atoms with Gasteiger partial charge in [-0.25, -0.2) is 0 Å². The molecule has 1 N–H and O–H groups in total. The van der Waals surface area contributed by atoms with Gasteiger partial charge in [-0.2, -0.15) is 0 Å². The first-order valence-electron chi connectivity index (χ1n) is 12.4. The molecule has 0 radical (unpaired) electrons. The predicted octanol–water partition coefficient (Wildman–Crippen LogP) is 6.12. The van der Waals surface area contributed by atoms with Gasteiger partial charge in [0.1, 0.15) is 0 Å². The van der Waals surface area contributed by atoms with E-state index in [1.165, 1.54) is 24.0 Å². The summed E-state index contributed by atoms with van der Waals surface area (Å²) in [5, 5.41) is 9.89. The van der Waals surface area contributed by atoms with Crippen LogP contribution in [0.25, 0.3) is 11.1 Å². The van der Waals surface area contributed by atoms with Crippen LogP contribution in [-0.4, -0.2) is 23.6 Å². The lowest BCUT2D eigenvalue weighted by Crippen LogP contribution is -2.52. The summed E-state index contributed by atoms with van der Waals surface area (Å²) in [7, 11) is 0. The van der Waals surface area contributed by atoms with Gasteiger partial charge < -0.3 is 14.9 Å². The Morgan fingerprint density at radius 3 is 2.24 bits per heavy atom. The molecule has 1 aliphatic carbocycles. The molecule has 3 aromatic carbocycles. The van der Waals surface area contributed by atoms with E-state index in [1.807, 2.05) is 23.1 Å². The van der Waals surface area contributed by atoms with Gasteiger partial charge in [0.25, 0.3) is 0 Å². The number of carbonyl (C=O) groups excluding carboxylic acids is 1. The maximum atomic E-state index is 12.8. The number of aliphatic hydroxyl groups is 1. The SMILES string of the molecule is CC(=O)N1c2ccc(-c3ccc(C(C)C)cc3)cc2N(Cc2ccccc2CO)C[C@@H]1C1CC1. The molecule has 2 aliphatic rings. The molecule has 1 aliphatic heterocycles. The summed E-state index contributed by atoms with van der Waals surface area (Å²) in [6.45, 7) is 7.67. The average molecular weight is 455 g/mol. The van der Waals surface area contributed by atoms with Crippen molar-refractivity contribution in [3.05, 3.63) is 83.4 Å². The first kappa shape index (κ1) is 22.7. The van der Waals surface area contributed by atoms with Gasteiger partial charge in [-0.15, -0.1) is 0 Å². The van der Waals surface area contributed by atoms with Crippen LogP contribution in [0, 0.1) is 5.92 Å². The van der Waals surface area contributed by atoms with Gasteiger partial charge in [-0.3, -0.25) is 4.79 Å². The van der Waals surface area contributed by atoms with E-state index in [0.717, 1.165) is 34.6 Å². The third-order valence-electron chi connectivity index (χ3n) is 7.38. The van der Waals surface area contributed by atoms with Crippen molar-refractivity contribution in [3.63, 3.8) is 0 Å². The molecule has 1 amide bonds. The monoisotopic (exact) mass is 454 g/mol. The molecule has 0 spiro atoms. The van der Waals surface area contributed by atoms with Crippen LogP contribution in [-0.2, 0) is 17.9 Å². The molecule has 176 valence electrons. The van der Waals surface area contributed by atoms with Crippen molar-refractivity contribution in [2.24, 2.45) is 5.92 Å². The second-order valence-electron chi connectivity index (χ2n) is 10.1. The van der Waals surface area contributed by atoms with Gasteiger partial charge in [0.05, 0.1) is 24.0 Å². The summed E-state index contributed by atoms with van der Waals surface area (Å²) >= 11 is 0. The van der Waals surface area contributed by atoms with Gasteiger partial charge in [0.15, 0.2) is 0 Å². The lowest BCUT2D eigenvalue weighted by atomic mass is 9.96. The minimum absolute atomic E-state index is 0.0325. The minimum Gasteiger partial charge on any atom is -0.392 e. The van der Waals surface area contributed by atoms with E-state index in [-0.39, 0.29) is 18.6 Å². The van der Waals surface area contributed by atoms with Gasteiger partial charge in [-0.1, -0.05) is 68.4 Å². The lowest BCUT2D eigenvalue weighted by Gasteiger charge is -2.44. The Balaban J connectivity index is 1.57. The molecule has 3 aromatic rings. The minimum atomic E-state index is 0.0325. The van der Waals surface area contributed by atoms with Crippen LogP contribution in [0.3, 0.4) is 0 Å². The van der Waals surface area contributed by atoms with Crippen LogP contribution in [0.1, 0.15) is 56.2 Å². The highest BCUT2D eigenvalue weighted by molar-refractivity contribution is 5.98. The van der Waals surface area contributed by atoms with E-state index in [9.17, 15) is 9.90 Å². The number of amides is 1. The molecule has 1 atom stereocenters. The molecular formula is C30H34N2O2. The standard InChI is InChI=1S/C30H34N2O2/c1-20(2)22-8-10-23(11-9-22)25-14-15-28-29(16-25)31(17-26-6-4-5-7-27(26)19-33)18-30(24-12-13-24)32(28)21(3)34/h4-11,14-16,20,24,30,33H,12-13,17-19H2,1-3H3/t30-/m1/s1. The summed E-state index contributed by atoms with van der Waals surface area (Å²) in [6, 6.07) is 23.6. The fourth-order valence-corrected chi connectivity index (χ4v) is 5.27. The third-order valence-corrected chi connectivity index (χ3v) is 7.38. The number of nitrogens with zero attached hydrogens (tertiary/aromatic N) is 2. The third kappa shape index (κ3) is 4.35. The molecule has 0 bridgehead atoms. The smallest absolute Gasteiger partial charge is 0.224 e. The normalized spacial score (nSPS) is 17.7. The molecule has 0 unspecified atom stereocenters. The van der Waals surface area contributed by atoms with E-state index < -0.39 is 0 Å². The zero-order valence-corrected chi connectivity index (χ0v) is 20.4. The Morgan fingerprint density at radius 1 is 0.941 bits per heavy atom. The first-order chi connectivity index (χ1) is 16.5. The van der Waals surface area contributed by atoms with Crippen LogP contribution in [0.15, 0.2) is 66.7 Å². The number of hydrogen-bond donors (Lipinski definition) is 1. The number of carbonyl (C=O) groups is 1. The Morgan fingerprint density at radius 2 is 1.62 bits per heavy atom. The van der Waals surface area contributed by atoms with Crippen LogP contribution in [0.2, 0.25) is 0 Å². The van der Waals surface area contributed by atoms with Crippen LogP contribution < -0.4 is 9.80 Å². The summed E-state index contributed by atoms with van der Waals surface area (Å²) in [6.07, 6.45) is 2.37. The molecule has 4 heteroatoms. The quantitative estimate of drug-likeness (QED) is 0.488. The average Bonchev–Trinajstić information content (AvgIpc) is 3.69. The zero-order chi connectivity index (χ0) is 23.8. The largest absolute Gasteiger partial charge is 0.392 e. The fourth-order valence-electron chi connectivity index (χ4n) is 5.27. The van der Waals surface area contributed by atoms with E-state index in [0.29, 0.717) is 18.4 Å². The van der Waals surface area contributed by atoms with Crippen molar-refractivity contribution in [2.45, 2.75) is 58.7 Å². The van der Waals surface area contributed by atoms with E-state index in [1.54, 1.807) is 6.92 Å². The van der Waals surface area contributed by atoms with Crippen molar-refractivity contribution < 1.29 is 9.90 Å². The van der Waals surface area contributed by atoms with E-state index in [2.05, 4.69) is 67.3 Å². The van der Waals surface area contributed by atoms with Gasteiger partial charge >= 0.3 is 0 Å². The molecular weight excluding hydrogens is 420 g/mol. The van der Waals surface area contributed by atoms with Crippen molar-refractivity contribution in [1.82, 2.24) is 0 Å². The summed E-state index contributed by atoms with van der Waals surface area (Å²) < 4.78 is 0. The first-order valence-corrected chi connectivity index (χ1v) is 12.4. The van der Waals surface area contributed by atoms with E-state index >= 15 is 0 Å². The molecule has 5 rings (SSSR count). The molecule has 1 fully saturated rings. The number of rotatable bonds is 6. The molecule has 0 saturated heterocycles. The number of hydrogen-bond acceptors (Lipinski definition) is 3. The highest BCUT2D eigenvalue weighted by Gasteiger charge is 2.42. The summed E-state index contributed by atoms with van der Waals surface area (Å²) in [4.78, 5) is 17.2. The van der Waals surface area contributed by atoms with Crippen LogP contribution in [0.5, 0.6) is 0 Å². The Hall–Kier alpha value is -3.11. The van der Waals surface area contributed by atoms with Gasteiger partial charge in [-0.05, 0) is 64.6 Å². The van der Waals surface area contributed by atoms with Crippen molar-refractivity contribution in [3.8, 4) is 11.1 Å². The summed E-state index contributed by atoms with van der Waals surface area (Å²) in [5.74, 6) is 1.18. The van der Waals surface area contributed by atoms with Crippen molar-refractivity contribution >= 4 is 17.3 Å². The molecule has 34 heavy (non-hydrogen) atoms. The van der Waals surface area contributed by atoms with Crippen LogP contribution >= 0.6 is 0 Å². The highest BCUT2D eigenvalue weighted by Crippen LogP contribution is 2.45. The molecule has 1 heterocycles. The zero-order valence-electron chi connectivity index (χ0n) is 20.4. The Labute approximate surface area is 202 Å². The fraction of sp³-hybridized carbons (Fsp3) is 0.367. The number of anilines is 2. The molecule has 1 saturated carbocycles. The topological polar surface area (TPSA) is 43.8 Å². The summed E-state index contributed by atoms with van der Waals surface area (Å²) in [5.41, 5.74) is 7.85. The number of fused-ring (bicyclic) bond motifs is 1. The second-order valence-corrected chi connectivity index (χ2v) is 10.1. The Bertz CT molecular complexity index is 1180. The number of benzene rings is 3. The van der Waals surface area contributed by atoms with Crippen molar-refractivity contribution in [2.75, 3.05) is 16.3 Å².